The van der Waals surface area contributed by atoms with Crippen molar-refractivity contribution in [3.63, 3.8) is 0 Å². The lowest BCUT2D eigenvalue weighted by molar-refractivity contribution is -0.117. The Labute approximate surface area is 139 Å². The first kappa shape index (κ1) is 15.4. The number of hydrogen-bond acceptors (Lipinski definition) is 5. The molecule has 0 fully saturated rings. The molecule has 2 heterocycles. The van der Waals surface area contributed by atoms with Crippen molar-refractivity contribution < 1.29 is 13.6 Å². The van der Waals surface area contributed by atoms with Crippen LogP contribution >= 0.6 is 23.2 Å². The number of nitrogens with one attached hydrogen (secondary N) is 1. The zero-order chi connectivity index (χ0) is 16.4. The average Bonchev–Trinajstić information content (AvgIpc) is 3.08. The monoisotopic (exact) mass is 353 g/mol. The van der Waals surface area contributed by atoms with Crippen molar-refractivity contribution in [2.45, 2.75) is 6.54 Å². The van der Waals surface area contributed by atoms with E-state index in [1.807, 2.05) is 0 Å². The van der Waals surface area contributed by atoms with Gasteiger partial charge >= 0.3 is 5.76 Å². The molecular formula is C14H9Cl2N3O4. The van der Waals surface area contributed by atoms with Gasteiger partial charge in [-0.15, -0.1) is 5.10 Å². The van der Waals surface area contributed by atoms with Gasteiger partial charge in [0.25, 0.3) is 5.89 Å². The van der Waals surface area contributed by atoms with E-state index < -0.39 is 11.7 Å². The van der Waals surface area contributed by atoms with Crippen LogP contribution in [0.3, 0.4) is 0 Å². The van der Waals surface area contributed by atoms with Gasteiger partial charge in [0.1, 0.15) is 6.54 Å². The van der Waals surface area contributed by atoms with Gasteiger partial charge in [0.15, 0.2) is 5.76 Å². The Morgan fingerprint density at radius 2 is 2.00 bits per heavy atom. The maximum atomic E-state index is 12.0. The van der Waals surface area contributed by atoms with Crippen molar-refractivity contribution in [3.8, 4) is 11.7 Å². The third-order valence-electron chi connectivity index (χ3n) is 2.78. The molecule has 23 heavy (non-hydrogen) atoms. The number of anilines is 1. The summed E-state index contributed by atoms with van der Waals surface area (Å²) < 4.78 is 10.9. The molecule has 3 rings (SSSR count). The Kier molecular flexibility index (Phi) is 4.22. The SMILES string of the molecule is O=C(Cn1nc(-c2ccco2)oc1=O)Nc1cc(Cl)cc(Cl)c1. The molecule has 1 N–H and O–H groups in total. The Morgan fingerprint density at radius 3 is 2.65 bits per heavy atom. The summed E-state index contributed by atoms with van der Waals surface area (Å²) in [5.74, 6) is -0.957. The molecule has 0 aliphatic rings. The van der Waals surface area contributed by atoms with Gasteiger partial charge in [-0.1, -0.05) is 23.2 Å². The van der Waals surface area contributed by atoms with Crippen molar-refractivity contribution in [2.75, 3.05) is 5.32 Å². The largest absolute Gasteiger partial charge is 0.459 e. The van der Waals surface area contributed by atoms with E-state index >= 15 is 0 Å². The molecule has 3 aromatic rings. The molecule has 0 unspecified atom stereocenters. The highest BCUT2D eigenvalue weighted by molar-refractivity contribution is 6.35. The van der Waals surface area contributed by atoms with Crippen LogP contribution < -0.4 is 11.1 Å². The second-order valence-electron chi connectivity index (χ2n) is 4.51. The highest BCUT2D eigenvalue weighted by Crippen LogP contribution is 2.22. The highest BCUT2D eigenvalue weighted by atomic mass is 35.5. The summed E-state index contributed by atoms with van der Waals surface area (Å²) in [6, 6.07) is 7.82. The number of rotatable bonds is 4. The van der Waals surface area contributed by atoms with Crippen LogP contribution in [-0.2, 0) is 11.3 Å². The van der Waals surface area contributed by atoms with Crippen LogP contribution in [0.5, 0.6) is 0 Å². The molecule has 1 amide bonds. The van der Waals surface area contributed by atoms with Crippen LogP contribution in [0, 0.1) is 0 Å². The first-order chi connectivity index (χ1) is 11.0. The molecule has 9 heteroatoms. The maximum Gasteiger partial charge on any atom is 0.437 e. The molecular weight excluding hydrogens is 345 g/mol. The minimum Gasteiger partial charge on any atom is -0.459 e. The predicted molar refractivity (Wildman–Crippen MR) is 83.6 cm³/mol. The molecule has 0 saturated heterocycles. The number of halogens is 2. The molecule has 0 saturated carbocycles. The van der Waals surface area contributed by atoms with Gasteiger partial charge in [-0.2, -0.15) is 4.68 Å². The lowest BCUT2D eigenvalue weighted by atomic mass is 10.3. The summed E-state index contributed by atoms with van der Waals surface area (Å²) in [7, 11) is 0. The van der Waals surface area contributed by atoms with E-state index in [0.717, 1.165) is 4.68 Å². The second-order valence-corrected chi connectivity index (χ2v) is 5.39. The van der Waals surface area contributed by atoms with Crippen molar-refractivity contribution in [1.29, 1.82) is 0 Å². The van der Waals surface area contributed by atoms with Crippen molar-refractivity contribution in [2.24, 2.45) is 0 Å². The number of hydrogen-bond donors (Lipinski definition) is 1. The average molecular weight is 354 g/mol. The number of benzene rings is 1. The van der Waals surface area contributed by atoms with Crippen LogP contribution in [0.1, 0.15) is 0 Å². The summed E-state index contributed by atoms with van der Waals surface area (Å²) in [6.07, 6.45) is 1.42. The minimum absolute atomic E-state index is 0.00130. The van der Waals surface area contributed by atoms with Crippen molar-refractivity contribution in [3.05, 3.63) is 57.2 Å². The predicted octanol–water partition coefficient (Wildman–Crippen LogP) is 3.04. The van der Waals surface area contributed by atoms with Gasteiger partial charge in [-0.3, -0.25) is 4.79 Å². The van der Waals surface area contributed by atoms with E-state index in [9.17, 15) is 9.59 Å². The smallest absolute Gasteiger partial charge is 0.437 e. The normalized spacial score (nSPS) is 10.7. The van der Waals surface area contributed by atoms with Crippen LogP contribution in [0.15, 0.2) is 50.2 Å². The number of furan rings is 1. The van der Waals surface area contributed by atoms with E-state index in [-0.39, 0.29) is 12.4 Å². The van der Waals surface area contributed by atoms with Gasteiger partial charge in [-0.25, -0.2) is 4.79 Å². The molecule has 0 bridgehead atoms. The fourth-order valence-electron chi connectivity index (χ4n) is 1.87. The lowest BCUT2D eigenvalue weighted by Gasteiger charge is -2.05. The maximum absolute atomic E-state index is 12.0. The molecule has 0 radical (unpaired) electrons. The summed E-state index contributed by atoms with van der Waals surface area (Å²) in [5.41, 5.74) is 0.412. The topological polar surface area (TPSA) is 90.3 Å². The zero-order valence-electron chi connectivity index (χ0n) is 11.5. The van der Waals surface area contributed by atoms with Crippen LogP contribution in [0.25, 0.3) is 11.7 Å². The third kappa shape index (κ3) is 3.64. The summed E-state index contributed by atoms with van der Waals surface area (Å²) in [6.45, 7) is -0.326. The molecule has 0 aliphatic carbocycles. The summed E-state index contributed by atoms with van der Waals surface area (Å²) in [4.78, 5) is 23.7. The van der Waals surface area contributed by atoms with Crippen LogP contribution in [0.2, 0.25) is 10.0 Å². The fraction of sp³-hybridized carbons (Fsp3) is 0.0714. The second kappa shape index (κ2) is 6.31. The van der Waals surface area contributed by atoms with E-state index in [2.05, 4.69) is 10.4 Å². The van der Waals surface area contributed by atoms with Crippen LogP contribution in [0.4, 0.5) is 5.69 Å². The molecule has 0 aliphatic heterocycles. The Hall–Kier alpha value is -2.51. The number of carbonyl (C=O) groups excluding carboxylic acids is 1. The first-order valence-electron chi connectivity index (χ1n) is 6.39. The third-order valence-corrected chi connectivity index (χ3v) is 3.21. The molecule has 0 atom stereocenters. The zero-order valence-corrected chi connectivity index (χ0v) is 13.0. The summed E-state index contributed by atoms with van der Waals surface area (Å²) in [5, 5.41) is 7.23. The first-order valence-corrected chi connectivity index (χ1v) is 7.14. The Bertz CT molecular complexity index is 879. The molecule has 0 spiro atoms. The van der Waals surface area contributed by atoms with Crippen molar-refractivity contribution in [1.82, 2.24) is 9.78 Å². The summed E-state index contributed by atoms with van der Waals surface area (Å²) >= 11 is 11.7. The lowest BCUT2D eigenvalue weighted by Crippen LogP contribution is -2.25. The Morgan fingerprint density at radius 1 is 1.26 bits per heavy atom. The van der Waals surface area contributed by atoms with E-state index in [1.54, 1.807) is 12.1 Å². The fourth-order valence-corrected chi connectivity index (χ4v) is 2.39. The quantitative estimate of drug-likeness (QED) is 0.778. The van der Waals surface area contributed by atoms with E-state index in [0.29, 0.717) is 21.5 Å². The van der Waals surface area contributed by atoms with Gasteiger partial charge in [0.05, 0.1) is 6.26 Å². The van der Waals surface area contributed by atoms with Crippen LogP contribution in [-0.4, -0.2) is 15.7 Å². The highest BCUT2D eigenvalue weighted by Gasteiger charge is 2.15. The minimum atomic E-state index is -0.768. The number of nitrogens with zero attached hydrogens (tertiary/aromatic N) is 2. The number of amides is 1. The number of aromatic nitrogens is 2. The molecule has 2 aromatic heterocycles. The molecule has 7 nitrogen and oxygen atoms in total. The Balaban J connectivity index is 1.74. The van der Waals surface area contributed by atoms with Gasteiger partial charge in [0.2, 0.25) is 5.91 Å². The van der Waals surface area contributed by atoms with E-state index in [4.69, 9.17) is 32.0 Å². The van der Waals surface area contributed by atoms with Gasteiger partial charge in [0, 0.05) is 15.7 Å². The molecule has 1 aromatic carbocycles. The van der Waals surface area contributed by atoms with Gasteiger partial charge in [-0.05, 0) is 30.3 Å². The van der Waals surface area contributed by atoms with E-state index in [1.165, 1.54) is 24.5 Å². The van der Waals surface area contributed by atoms with Gasteiger partial charge < -0.3 is 14.2 Å². The van der Waals surface area contributed by atoms with Crippen molar-refractivity contribution >= 4 is 34.8 Å². The standard InChI is InChI=1S/C14H9Cl2N3O4/c15-8-4-9(16)6-10(5-8)17-12(20)7-19-14(21)23-13(18-19)11-2-1-3-22-11/h1-6H,7H2,(H,17,20). The molecule has 118 valence electrons. The number of carbonyl (C=O) groups is 1.